The van der Waals surface area contributed by atoms with Gasteiger partial charge >= 0.3 is 6.18 Å². The minimum absolute atomic E-state index is 0.0301. The van der Waals surface area contributed by atoms with Crippen LogP contribution < -0.4 is 10.2 Å². The van der Waals surface area contributed by atoms with Crippen molar-refractivity contribution in [2.45, 2.75) is 31.2 Å². The fraction of sp³-hybridized carbons (Fsp3) is 0.348. The quantitative estimate of drug-likeness (QED) is 0.373. The lowest BCUT2D eigenvalue weighted by molar-refractivity contribution is -0.275. The number of hydroxylamine groups is 2. The molecule has 4 rings (SSSR count). The Morgan fingerprint density at radius 2 is 1.87 bits per heavy atom. The number of hydrogen-bond acceptors (Lipinski definition) is 6. The number of nitrogens with zero attached hydrogens (tertiary/aromatic N) is 3. The largest absolute Gasteiger partial charge is 0.435 e. The van der Waals surface area contributed by atoms with Crippen LogP contribution in [-0.2, 0) is 20.1 Å². The van der Waals surface area contributed by atoms with E-state index in [9.17, 15) is 27.2 Å². The van der Waals surface area contributed by atoms with E-state index in [0.717, 1.165) is 17.2 Å². The fourth-order valence-corrected chi connectivity index (χ4v) is 4.65. The number of amides is 2. The molecule has 2 aliphatic heterocycles. The van der Waals surface area contributed by atoms with Crippen molar-refractivity contribution < 1.29 is 36.8 Å². The number of carbonyl (C=O) groups excluding carboxylic acids is 2. The number of anilines is 1. The third-order valence-corrected chi connectivity index (χ3v) is 7.00. The molecular formula is C23H19Cl3F4N4O4. The Bertz CT molecular complexity index is 1300. The highest BCUT2D eigenvalue weighted by Crippen LogP contribution is 2.50. The zero-order valence-electron chi connectivity index (χ0n) is 19.7. The van der Waals surface area contributed by atoms with Gasteiger partial charge in [-0.05, 0) is 37.3 Å². The monoisotopic (exact) mass is 596 g/mol. The van der Waals surface area contributed by atoms with Crippen LogP contribution in [-0.4, -0.2) is 55.1 Å². The molecule has 1 unspecified atom stereocenters. The maximum Gasteiger partial charge on any atom is 0.435 e. The van der Waals surface area contributed by atoms with Gasteiger partial charge in [-0.25, -0.2) is 9.45 Å². The predicted molar refractivity (Wildman–Crippen MR) is 132 cm³/mol. The second kappa shape index (κ2) is 10.4. The van der Waals surface area contributed by atoms with Crippen molar-refractivity contribution >= 4 is 58.1 Å². The molecule has 0 saturated carbocycles. The van der Waals surface area contributed by atoms with Gasteiger partial charge in [0.2, 0.25) is 0 Å². The summed E-state index contributed by atoms with van der Waals surface area (Å²) < 4.78 is 56.8. The molecule has 0 aromatic heterocycles. The average Bonchev–Trinajstić information content (AvgIpc) is 3.47. The van der Waals surface area contributed by atoms with E-state index in [0.29, 0.717) is 6.54 Å². The summed E-state index contributed by atoms with van der Waals surface area (Å²) >= 11 is 17.7. The molecule has 0 aliphatic carbocycles. The third kappa shape index (κ3) is 4.97. The summed E-state index contributed by atoms with van der Waals surface area (Å²) in [4.78, 5) is 36.5. The van der Waals surface area contributed by atoms with Gasteiger partial charge in [0, 0.05) is 24.8 Å². The molecule has 1 N–H and O–H groups in total. The van der Waals surface area contributed by atoms with Gasteiger partial charge in [0.25, 0.3) is 17.4 Å². The zero-order valence-corrected chi connectivity index (χ0v) is 22.0. The van der Waals surface area contributed by atoms with E-state index in [4.69, 9.17) is 44.5 Å². The number of rotatable bonds is 5. The molecule has 2 aromatic rings. The highest BCUT2D eigenvalue weighted by molar-refractivity contribution is 6.35. The van der Waals surface area contributed by atoms with Crippen molar-refractivity contribution in [1.29, 1.82) is 0 Å². The number of oxime groups is 1. The number of hydrogen-bond donors (Lipinski definition) is 1. The highest BCUT2D eigenvalue weighted by atomic mass is 35.5. The zero-order chi connectivity index (χ0) is 28.0. The van der Waals surface area contributed by atoms with Gasteiger partial charge in [0.05, 0.1) is 27.1 Å². The molecule has 204 valence electrons. The van der Waals surface area contributed by atoms with E-state index in [1.54, 1.807) is 6.92 Å². The minimum Gasteiger partial charge on any atom is -0.372 e. The summed E-state index contributed by atoms with van der Waals surface area (Å²) in [7, 11) is 1.41. The summed E-state index contributed by atoms with van der Waals surface area (Å²) in [6, 6.07) is 4.82. The van der Waals surface area contributed by atoms with Crippen LogP contribution in [0.5, 0.6) is 0 Å². The topological polar surface area (TPSA) is 83.5 Å². The van der Waals surface area contributed by atoms with Crippen molar-refractivity contribution in [3.63, 3.8) is 0 Å². The number of benzene rings is 2. The van der Waals surface area contributed by atoms with Gasteiger partial charge in [0.1, 0.15) is 12.6 Å². The van der Waals surface area contributed by atoms with E-state index >= 15 is 0 Å². The van der Waals surface area contributed by atoms with Crippen LogP contribution >= 0.6 is 34.8 Å². The van der Waals surface area contributed by atoms with Crippen molar-refractivity contribution in [3.05, 3.63) is 62.3 Å². The van der Waals surface area contributed by atoms with Gasteiger partial charge in [-0.1, -0.05) is 40.0 Å². The number of likely N-dealkylation sites (N-methyl/N-ethyl adjacent to an activating group) is 1. The SMILES string of the molecule is CCN1OC[C@@H](NC(=O)c2cc(N(C)C3=NOC(c4cc(Cl)c(F)c(Cl)c4)(C(F)(F)F)C3)ccc2Cl)C1=O. The Morgan fingerprint density at radius 1 is 1.21 bits per heavy atom. The first-order valence-corrected chi connectivity index (χ1v) is 12.2. The molecule has 2 aromatic carbocycles. The van der Waals surface area contributed by atoms with Gasteiger partial charge in [-0.3, -0.25) is 14.4 Å². The van der Waals surface area contributed by atoms with Crippen LogP contribution in [0.2, 0.25) is 15.1 Å². The Hall–Kier alpha value is -2.80. The molecule has 2 aliphatic rings. The predicted octanol–water partition coefficient (Wildman–Crippen LogP) is 5.31. The Labute approximate surface area is 228 Å². The Kier molecular flexibility index (Phi) is 7.72. The summed E-state index contributed by atoms with van der Waals surface area (Å²) in [6.45, 7) is 1.95. The number of carbonyl (C=O) groups is 2. The summed E-state index contributed by atoms with van der Waals surface area (Å²) in [5.41, 5.74) is -3.30. The fourth-order valence-electron chi connectivity index (χ4n) is 3.96. The molecule has 1 fully saturated rings. The Morgan fingerprint density at radius 3 is 2.45 bits per heavy atom. The molecule has 15 heteroatoms. The maximum absolute atomic E-state index is 14.3. The molecule has 38 heavy (non-hydrogen) atoms. The lowest BCUT2D eigenvalue weighted by Gasteiger charge is -2.30. The number of nitrogens with one attached hydrogen (secondary N) is 1. The van der Waals surface area contributed by atoms with E-state index in [1.165, 1.54) is 30.1 Å². The summed E-state index contributed by atoms with van der Waals surface area (Å²) in [5.74, 6) is -2.33. The van der Waals surface area contributed by atoms with E-state index in [-0.39, 0.29) is 28.7 Å². The maximum atomic E-state index is 14.3. The van der Waals surface area contributed by atoms with Crippen molar-refractivity contribution in [3.8, 4) is 0 Å². The van der Waals surface area contributed by atoms with Crippen molar-refractivity contribution in [2.24, 2.45) is 5.16 Å². The smallest absolute Gasteiger partial charge is 0.372 e. The minimum atomic E-state index is -4.99. The second-order valence-electron chi connectivity index (χ2n) is 8.43. The molecule has 2 amide bonds. The van der Waals surface area contributed by atoms with Gasteiger partial charge in [0.15, 0.2) is 11.7 Å². The van der Waals surface area contributed by atoms with Gasteiger partial charge in [-0.15, -0.1) is 0 Å². The Balaban J connectivity index is 1.59. The third-order valence-electron chi connectivity index (χ3n) is 6.12. The standard InChI is InChI=1S/C23H19Cl3F4N4O4/c1-3-34-21(36)17(10-37-34)31-20(35)13-8-12(4-5-14(13)24)33(2)18-9-22(38-32-18,23(28,29)30)11-6-15(25)19(27)16(26)7-11/h4-8,17H,3,9-10H2,1-2H3,(H,31,35)/t17-,22?/m1/s1. The molecule has 2 atom stereocenters. The summed E-state index contributed by atoms with van der Waals surface area (Å²) in [5, 5.41) is 6.12. The lowest BCUT2D eigenvalue weighted by Crippen LogP contribution is -2.44. The van der Waals surface area contributed by atoms with E-state index in [1.807, 2.05) is 0 Å². The lowest BCUT2D eigenvalue weighted by atomic mass is 9.89. The molecule has 0 radical (unpaired) electrons. The second-order valence-corrected chi connectivity index (χ2v) is 9.65. The normalized spacial score (nSPS) is 21.4. The van der Waals surface area contributed by atoms with Crippen LogP contribution in [0.15, 0.2) is 35.5 Å². The van der Waals surface area contributed by atoms with Gasteiger partial charge < -0.3 is 15.1 Å². The van der Waals surface area contributed by atoms with Crippen LogP contribution in [0.1, 0.15) is 29.3 Å². The van der Waals surface area contributed by atoms with Gasteiger partial charge in [-0.2, -0.15) is 13.2 Å². The highest BCUT2D eigenvalue weighted by Gasteiger charge is 2.63. The van der Waals surface area contributed by atoms with E-state index in [2.05, 4.69) is 10.5 Å². The van der Waals surface area contributed by atoms with Crippen LogP contribution in [0.3, 0.4) is 0 Å². The molecular weight excluding hydrogens is 579 g/mol. The first-order chi connectivity index (χ1) is 17.8. The number of alkyl halides is 3. The van der Waals surface area contributed by atoms with Crippen LogP contribution in [0.25, 0.3) is 0 Å². The number of amidine groups is 1. The summed E-state index contributed by atoms with van der Waals surface area (Å²) in [6.07, 6.45) is -5.80. The molecule has 0 bridgehead atoms. The number of halogens is 7. The molecule has 1 saturated heterocycles. The first-order valence-electron chi connectivity index (χ1n) is 11.0. The van der Waals surface area contributed by atoms with Crippen LogP contribution in [0.4, 0.5) is 23.2 Å². The van der Waals surface area contributed by atoms with E-state index < -0.39 is 57.5 Å². The van der Waals surface area contributed by atoms with Crippen molar-refractivity contribution in [2.75, 3.05) is 25.1 Å². The first kappa shape index (κ1) is 28.2. The molecule has 8 nitrogen and oxygen atoms in total. The average molecular weight is 598 g/mol. The van der Waals surface area contributed by atoms with Crippen molar-refractivity contribution in [1.82, 2.24) is 10.4 Å². The molecule has 0 spiro atoms. The van der Waals surface area contributed by atoms with Crippen LogP contribution in [0, 0.1) is 5.82 Å². The molecule has 2 heterocycles.